The molecule has 0 amide bonds. The second-order valence-corrected chi connectivity index (χ2v) is 5.88. The largest absolute Gasteiger partial charge is 0.394 e. The fraction of sp³-hybridized carbons (Fsp3) is 0.667. The molecule has 1 fully saturated rings. The van der Waals surface area contributed by atoms with E-state index in [4.69, 9.17) is 23.2 Å². The van der Waals surface area contributed by atoms with Gasteiger partial charge in [-0.3, -0.25) is 0 Å². The SMILES string of the molecule is CC1CCCC(CO)(Nc2cc(Cl)nnc2Cl)C1. The number of hydrogen-bond acceptors (Lipinski definition) is 4. The summed E-state index contributed by atoms with van der Waals surface area (Å²) in [6, 6.07) is 1.65. The Morgan fingerprint density at radius 3 is 2.94 bits per heavy atom. The predicted molar refractivity (Wildman–Crippen MR) is 73.1 cm³/mol. The van der Waals surface area contributed by atoms with Crippen molar-refractivity contribution in [3.05, 3.63) is 16.4 Å². The van der Waals surface area contributed by atoms with Gasteiger partial charge in [-0.05, 0) is 18.8 Å². The van der Waals surface area contributed by atoms with Crippen LogP contribution >= 0.6 is 23.2 Å². The molecule has 2 unspecified atom stereocenters. The summed E-state index contributed by atoms with van der Waals surface area (Å²) in [4.78, 5) is 0. The van der Waals surface area contributed by atoms with Crippen LogP contribution in [0.4, 0.5) is 5.69 Å². The first-order valence-electron chi connectivity index (χ1n) is 6.12. The van der Waals surface area contributed by atoms with E-state index >= 15 is 0 Å². The van der Waals surface area contributed by atoms with Crippen molar-refractivity contribution in [2.75, 3.05) is 11.9 Å². The van der Waals surface area contributed by atoms with Crippen molar-refractivity contribution >= 4 is 28.9 Å². The van der Waals surface area contributed by atoms with Crippen LogP contribution < -0.4 is 5.32 Å². The summed E-state index contributed by atoms with van der Waals surface area (Å²) in [5.41, 5.74) is 0.313. The molecule has 18 heavy (non-hydrogen) atoms. The lowest BCUT2D eigenvalue weighted by Crippen LogP contribution is -2.46. The van der Waals surface area contributed by atoms with Crippen molar-refractivity contribution in [1.29, 1.82) is 0 Å². The average Bonchev–Trinajstić information content (AvgIpc) is 2.34. The number of aliphatic hydroxyl groups excluding tert-OH is 1. The van der Waals surface area contributed by atoms with Crippen molar-refractivity contribution in [3.63, 3.8) is 0 Å². The molecule has 0 spiro atoms. The van der Waals surface area contributed by atoms with E-state index in [1.54, 1.807) is 6.07 Å². The summed E-state index contributed by atoms with van der Waals surface area (Å²) in [5.74, 6) is 0.586. The summed E-state index contributed by atoms with van der Waals surface area (Å²) in [5, 5.41) is 21.0. The molecule has 0 bridgehead atoms. The topological polar surface area (TPSA) is 58.0 Å². The highest BCUT2D eigenvalue weighted by molar-refractivity contribution is 6.33. The van der Waals surface area contributed by atoms with Crippen molar-refractivity contribution in [1.82, 2.24) is 10.2 Å². The Labute approximate surface area is 117 Å². The summed E-state index contributed by atoms with van der Waals surface area (Å²) in [6.45, 7) is 2.28. The Balaban J connectivity index is 2.21. The Kier molecular flexibility index (Phi) is 4.30. The zero-order valence-corrected chi connectivity index (χ0v) is 11.8. The number of rotatable bonds is 3. The zero-order valence-electron chi connectivity index (χ0n) is 10.3. The van der Waals surface area contributed by atoms with E-state index in [-0.39, 0.29) is 17.3 Å². The predicted octanol–water partition coefficient (Wildman–Crippen LogP) is 3.14. The molecule has 0 aromatic carbocycles. The van der Waals surface area contributed by atoms with Crippen LogP contribution in [0.1, 0.15) is 32.6 Å². The van der Waals surface area contributed by atoms with Crippen molar-refractivity contribution in [2.45, 2.75) is 38.1 Å². The molecule has 0 aliphatic heterocycles. The molecule has 2 atom stereocenters. The van der Waals surface area contributed by atoms with E-state index < -0.39 is 0 Å². The highest BCUT2D eigenvalue weighted by Crippen LogP contribution is 2.36. The zero-order chi connectivity index (χ0) is 13.2. The Morgan fingerprint density at radius 1 is 1.50 bits per heavy atom. The smallest absolute Gasteiger partial charge is 0.174 e. The highest BCUT2D eigenvalue weighted by Gasteiger charge is 2.34. The Hall–Kier alpha value is -0.580. The lowest BCUT2D eigenvalue weighted by molar-refractivity contribution is 0.149. The number of anilines is 1. The fourth-order valence-corrected chi connectivity index (χ4v) is 2.97. The van der Waals surface area contributed by atoms with Gasteiger partial charge in [0, 0.05) is 6.07 Å². The first-order valence-corrected chi connectivity index (χ1v) is 6.88. The molecule has 0 saturated heterocycles. The van der Waals surface area contributed by atoms with Gasteiger partial charge in [-0.15, -0.1) is 10.2 Å². The van der Waals surface area contributed by atoms with Crippen LogP contribution in [-0.4, -0.2) is 27.4 Å². The van der Waals surface area contributed by atoms with Gasteiger partial charge in [0.15, 0.2) is 10.3 Å². The second-order valence-electron chi connectivity index (χ2n) is 5.14. The lowest BCUT2D eigenvalue weighted by atomic mass is 9.76. The number of hydrogen-bond donors (Lipinski definition) is 2. The molecule has 2 N–H and O–H groups in total. The summed E-state index contributed by atoms with van der Waals surface area (Å²) >= 11 is 11.8. The van der Waals surface area contributed by atoms with Gasteiger partial charge in [0.05, 0.1) is 17.8 Å². The molecular weight excluding hydrogens is 273 g/mol. The minimum absolute atomic E-state index is 0.0770. The van der Waals surface area contributed by atoms with Crippen LogP contribution in [0.5, 0.6) is 0 Å². The minimum atomic E-state index is -0.326. The summed E-state index contributed by atoms with van der Waals surface area (Å²) < 4.78 is 0. The summed E-state index contributed by atoms with van der Waals surface area (Å²) in [6.07, 6.45) is 4.13. The van der Waals surface area contributed by atoms with E-state index in [2.05, 4.69) is 22.4 Å². The van der Waals surface area contributed by atoms with Gasteiger partial charge in [0.25, 0.3) is 0 Å². The quantitative estimate of drug-likeness (QED) is 0.898. The van der Waals surface area contributed by atoms with Gasteiger partial charge in [-0.1, -0.05) is 43.0 Å². The lowest BCUT2D eigenvalue weighted by Gasteiger charge is -2.40. The minimum Gasteiger partial charge on any atom is -0.394 e. The van der Waals surface area contributed by atoms with E-state index in [0.29, 0.717) is 16.8 Å². The average molecular weight is 290 g/mol. The third kappa shape index (κ3) is 3.05. The molecule has 100 valence electrons. The van der Waals surface area contributed by atoms with Gasteiger partial charge >= 0.3 is 0 Å². The second kappa shape index (κ2) is 5.59. The van der Waals surface area contributed by atoms with Crippen LogP contribution in [-0.2, 0) is 0 Å². The molecule has 4 nitrogen and oxygen atoms in total. The third-order valence-electron chi connectivity index (χ3n) is 3.51. The molecule has 1 saturated carbocycles. The van der Waals surface area contributed by atoms with E-state index in [9.17, 15) is 5.11 Å². The number of aromatic nitrogens is 2. The molecule has 1 aliphatic carbocycles. The standard InChI is InChI=1S/C12H17Cl2N3O/c1-8-3-2-4-12(6-8,7-18)15-9-5-10(13)16-17-11(9)14/h5,8,18H,2-4,6-7H2,1H3,(H,15,16). The highest BCUT2D eigenvalue weighted by atomic mass is 35.5. The summed E-state index contributed by atoms with van der Waals surface area (Å²) in [7, 11) is 0. The van der Waals surface area contributed by atoms with E-state index in [1.165, 1.54) is 6.42 Å². The molecule has 0 radical (unpaired) electrons. The van der Waals surface area contributed by atoms with Crippen LogP contribution in [0, 0.1) is 5.92 Å². The van der Waals surface area contributed by atoms with Crippen molar-refractivity contribution in [3.8, 4) is 0 Å². The number of halogens is 2. The monoisotopic (exact) mass is 289 g/mol. The normalized spacial score (nSPS) is 28.1. The van der Waals surface area contributed by atoms with Crippen molar-refractivity contribution in [2.24, 2.45) is 5.92 Å². The van der Waals surface area contributed by atoms with Crippen LogP contribution in [0.3, 0.4) is 0 Å². The number of nitrogens with one attached hydrogen (secondary N) is 1. The molecule has 1 aliphatic rings. The molecular formula is C12H17Cl2N3O. The maximum absolute atomic E-state index is 9.71. The van der Waals surface area contributed by atoms with Crippen LogP contribution in [0.15, 0.2) is 6.07 Å². The van der Waals surface area contributed by atoms with Gasteiger partial charge in [0.1, 0.15) is 0 Å². The molecule has 1 aromatic rings. The first-order chi connectivity index (χ1) is 8.54. The van der Waals surface area contributed by atoms with Gasteiger partial charge < -0.3 is 10.4 Å². The Bertz CT molecular complexity index is 430. The molecule has 1 heterocycles. The first kappa shape index (κ1) is 13.8. The van der Waals surface area contributed by atoms with Crippen LogP contribution in [0.2, 0.25) is 10.3 Å². The Morgan fingerprint density at radius 2 is 2.28 bits per heavy atom. The van der Waals surface area contributed by atoms with Crippen molar-refractivity contribution < 1.29 is 5.11 Å². The van der Waals surface area contributed by atoms with Gasteiger partial charge in [-0.25, -0.2) is 0 Å². The van der Waals surface area contributed by atoms with E-state index in [1.807, 2.05) is 0 Å². The van der Waals surface area contributed by atoms with Gasteiger partial charge in [0.2, 0.25) is 0 Å². The number of nitrogens with zero attached hydrogens (tertiary/aromatic N) is 2. The maximum Gasteiger partial charge on any atom is 0.174 e. The van der Waals surface area contributed by atoms with Gasteiger partial charge in [-0.2, -0.15) is 0 Å². The third-order valence-corrected chi connectivity index (χ3v) is 3.98. The maximum atomic E-state index is 9.71. The molecule has 2 rings (SSSR count). The molecule has 1 aromatic heterocycles. The molecule has 6 heteroatoms. The van der Waals surface area contributed by atoms with E-state index in [0.717, 1.165) is 19.3 Å². The number of aliphatic hydroxyl groups is 1. The van der Waals surface area contributed by atoms with Crippen LogP contribution in [0.25, 0.3) is 0 Å². The fourth-order valence-electron chi connectivity index (χ4n) is 2.68.